The molecule has 1 aromatic rings. The first kappa shape index (κ1) is 73.8. The number of halogens is 6. The highest BCUT2D eigenvalue weighted by atomic mass is 31.2. The Hall–Kier alpha value is -0.275. The van der Waals surface area contributed by atoms with Gasteiger partial charge in [0.25, 0.3) is 0 Å². The van der Waals surface area contributed by atoms with Crippen LogP contribution in [0.15, 0.2) is 18.2 Å². The lowest BCUT2D eigenvalue weighted by Gasteiger charge is -2.27. The summed E-state index contributed by atoms with van der Waals surface area (Å²) in [6.07, 6.45) is 40.7. The molecule has 16 heteroatoms. The molecule has 0 spiro atoms. The Balaban J connectivity index is 0. The molecule has 0 aliphatic carbocycles. The molecule has 0 aliphatic heterocycles. The first-order valence-corrected chi connectivity index (χ1v) is 38.5. The zero-order valence-electron chi connectivity index (χ0n) is 48.4. The molecule has 0 bridgehead atoms. The Labute approximate surface area is 441 Å². The van der Waals surface area contributed by atoms with Crippen LogP contribution in [-0.4, -0.2) is 81.3 Å². The monoisotopic (exact) mass is 1110 g/mol. The minimum absolute atomic E-state index is 0.141. The van der Waals surface area contributed by atoms with Crippen molar-refractivity contribution in [3.8, 4) is 5.75 Å². The van der Waals surface area contributed by atoms with E-state index in [1.807, 2.05) is 0 Å². The van der Waals surface area contributed by atoms with Gasteiger partial charge >= 0.3 is 12.4 Å². The Bertz CT molecular complexity index is 1440. The molecule has 0 unspecified atom stereocenters. The van der Waals surface area contributed by atoms with Gasteiger partial charge in [-0.3, -0.25) is 0 Å². The van der Waals surface area contributed by atoms with E-state index in [-0.39, 0.29) is 18.2 Å². The van der Waals surface area contributed by atoms with Crippen LogP contribution in [0.4, 0.5) is 26.3 Å². The van der Waals surface area contributed by atoms with Gasteiger partial charge in [-0.1, -0.05) is 160 Å². The van der Waals surface area contributed by atoms with Crippen LogP contribution in [0, 0.1) is 0 Å². The van der Waals surface area contributed by atoms with Crippen LogP contribution in [0.2, 0.25) is 0 Å². The van der Waals surface area contributed by atoms with Crippen LogP contribution in [0.5, 0.6) is 5.75 Å². The maximum absolute atomic E-state index is 12.3. The molecule has 0 aromatic heterocycles. The minimum atomic E-state index is -5.05. The predicted octanol–water partition coefficient (Wildman–Crippen LogP) is 19.3. The summed E-state index contributed by atoms with van der Waals surface area (Å²) in [5, 5.41) is 20.2. The standard InChI is InChI=1S/2C24H54NP2.C8H3BF6O3/c2*1-7-13-19-26(20-14-8-2,21-15-9-3)25-27(22-16-10-4,23-17-11-5)24-18-12-6;10-7(11,12)4-1-5(8(13,14)15)3-6(2-4)18-9(16)17/h2*7-24H2,1-6H3;1-3H/q2*+1;-2. The molecule has 1 aromatic carbocycles. The number of unbranched alkanes of at least 4 members (excludes halogenated alkanes) is 12. The van der Waals surface area contributed by atoms with Crippen LogP contribution in [0.25, 0.3) is 0 Å². The molecule has 72 heavy (non-hydrogen) atoms. The summed E-state index contributed by atoms with van der Waals surface area (Å²) in [6, 6.07) is 0.160. The van der Waals surface area contributed by atoms with Gasteiger partial charge in [0.2, 0.25) is 28.2 Å². The van der Waals surface area contributed by atoms with Gasteiger partial charge in [-0.05, 0) is 95.2 Å². The third-order valence-electron chi connectivity index (χ3n) is 13.7. The van der Waals surface area contributed by atoms with Crippen LogP contribution in [-0.2, 0) is 12.4 Å². The topological polar surface area (TPSA) is 83.6 Å². The third-order valence-corrected chi connectivity index (χ3v) is 33.5. The number of rotatable bonds is 38. The first-order valence-electron chi connectivity index (χ1n) is 29.4. The molecule has 5 nitrogen and oxygen atoms in total. The second kappa shape index (κ2) is 42.7. The lowest BCUT2D eigenvalue weighted by molar-refractivity contribution is -0.372. The first-order chi connectivity index (χ1) is 34.1. The van der Waals surface area contributed by atoms with Crippen LogP contribution >= 0.6 is 28.2 Å². The lowest BCUT2D eigenvalue weighted by atomic mass is 10.1. The summed E-state index contributed by atoms with van der Waals surface area (Å²) in [7, 11) is -7.47. The maximum Gasteiger partial charge on any atom is 0.416 e. The molecule has 1 rings (SSSR count). The maximum atomic E-state index is 12.3. The van der Waals surface area contributed by atoms with Crippen molar-refractivity contribution in [3.05, 3.63) is 29.3 Å². The van der Waals surface area contributed by atoms with Crippen molar-refractivity contribution in [2.45, 2.75) is 250 Å². The molecule has 0 heterocycles. The minimum Gasteiger partial charge on any atom is -0.860 e. The van der Waals surface area contributed by atoms with Crippen molar-refractivity contribution in [1.82, 2.24) is 8.35 Å². The summed E-state index contributed by atoms with van der Waals surface area (Å²) in [5.41, 5.74) is -3.32. The van der Waals surface area contributed by atoms with E-state index in [1.165, 1.54) is 228 Å². The summed E-state index contributed by atoms with van der Waals surface area (Å²) < 4.78 is 89.9. The largest absolute Gasteiger partial charge is 0.860 e. The fourth-order valence-electron chi connectivity index (χ4n) is 9.22. The van der Waals surface area contributed by atoms with E-state index in [1.54, 1.807) is 0 Å². The SMILES string of the molecule is CCCCP(CCCC)(CCCC)=[N+]=P(CCCC)(CCCC)CCCC.CCCCP(CCCC)(CCCC)=[N+]=P(CCCC)(CCCC)CCCC.[O-]B([O-])Oc1cc(C(F)(F)F)cc(C(F)(F)F)c1. The van der Waals surface area contributed by atoms with E-state index in [2.05, 4.69) is 87.7 Å². The van der Waals surface area contributed by atoms with Gasteiger partial charge in [0.1, 0.15) is 7.32 Å². The predicted molar refractivity (Wildman–Crippen MR) is 312 cm³/mol. The Morgan fingerprint density at radius 2 is 0.514 bits per heavy atom. The number of alkyl halides is 6. The highest BCUT2D eigenvalue weighted by Gasteiger charge is 2.38. The van der Waals surface area contributed by atoms with E-state index in [4.69, 9.17) is 8.35 Å². The molecular formula is C56H111BF6N2O3P4. The highest BCUT2D eigenvalue weighted by molar-refractivity contribution is 7.74. The smallest absolute Gasteiger partial charge is 0.416 e. The lowest BCUT2D eigenvalue weighted by Crippen LogP contribution is -2.50. The summed E-state index contributed by atoms with van der Waals surface area (Å²) in [4.78, 5) is 0. The molecular weight excluding hydrogens is 997 g/mol. The second-order valence-corrected chi connectivity index (χ2v) is 36.2. The average molecular weight is 1110 g/mol. The van der Waals surface area contributed by atoms with E-state index in [0.717, 1.165) is 0 Å². The van der Waals surface area contributed by atoms with Crippen molar-refractivity contribution < 1.29 is 41.0 Å². The van der Waals surface area contributed by atoms with E-state index >= 15 is 0 Å². The van der Waals surface area contributed by atoms with E-state index in [0.29, 0.717) is 0 Å². The zero-order valence-corrected chi connectivity index (χ0v) is 52.0. The third kappa shape index (κ3) is 33.1. The van der Waals surface area contributed by atoms with Crippen molar-refractivity contribution >= 4 is 35.5 Å². The zero-order chi connectivity index (χ0) is 55.0. The van der Waals surface area contributed by atoms with Gasteiger partial charge in [-0.15, -0.1) is 0 Å². The van der Waals surface area contributed by atoms with Gasteiger partial charge in [-0.25, -0.2) is 0 Å². The molecule has 0 atom stereocenters. The fourth-order valence-corrected chi connectivity index (χ4v) is 33.5. The molecule has 0 saturated carbocycles. The molecule has 0 saturated heterocycles. The number of benzene rings is 1. The van der Waals surface area contributed by atoms with Crippen molar-refractivity contribution in [3.63, 3.8) is 0 Å². The van der Waals surface area contributed by atoms with Gasteiger partial charge in [0, 0.05) is 73.9 Å². The summed E-state index contributed by atoms with van der Waals surface area (Å²) >= 11 is 0. The molecule has 0 fully saturated rings. The number of nitrogens with zero attached hydrogens (tertiary/aromatic N) is 2. The van der Waals surface area contributed by atoms with Crippen molar-refractivity contribution in [1.29, 1.82) is 0 Å². The molecule has 0 radical (unpaired) electrons. The van der Waals surface area contributed by atoms with E-state index < -0.39 is 64.8 Å². The van der Waals surface area contributed by atoms with Crippen LogP contribution < -0.4 is 23.0 Å². The van der Waals surface area contributed by atoms with Gasteiger partial charge in [0.15, 0.2) is 0 Å². The number of hydrogen-bond acceptors (Lipinski definition) is 3. The van der Waals surface area contributed by atoms with Crippen molar-refractivity contribution in [2.24, 2.45) is 0 Å². The van der Waals surface area contributed by atoms with E-state index in [9.17, 15) is 36.4 Å². The quantitative estimate of drug-likeness (QED) is 0.0286. The van der Waals surface area contributed by atoms with Gasteiger partial charge < -0.3 is 14.7 Å². The Kier molecular flexibility index (Phi) is 43.8. The second-order valence-electron chi connectivity index (χ2n) is 20.6. The van der Waals surface area contributed by atoms with Gasteiger partial charge in [-0.2, -0.15) is 34.7 Å². The van der Waals surface area contributed by atoms with Crippen LogP contribution in [0.1, 0.15) is 248 Å². The Morgan fingerprint density at radius 3 is 0.639 bits per heavy atom. The summed E-state index contributed by atoms with van der Waals surface area (Å²) in [5.74, 6) is -1.08. The van der Waals surface area contributed by atoms with Gasteiger partial charge in [0.05, 0.1) is 16.9 Å². The normalized spacial score (nSPS) is 12.4. The fraction of sp³-hybridized carbons (Fsp3) is 0.893. The molecule has 0 amide bonds. The average Bonchev–Trinajstić information content (AvgIpc) is 3.35. The Morgan fingerprint density at radius 1 is 0.347 bits per heavy atom. The molecule has 0 N–H and O–H groups in total. The van der Waals surface area contributed by atoms with Crippen molar-refractivity contribution in [2.75, 3.05) is 73.9 Å². The molecule has 428 valence electrons. The number of hydrogen-bond donors (Lipinski definition) is 0. The van der Waals surface area contributed by atoms with Crippen LogP contribution in [0.3, 0.4) is 0 Å². The summed E-state index contributed by atoms with van der Waals surface area (Å²) in [6.45, 7) is 28.5. The molecule has 0 aliphatic rings. The highest BCUT2D eigenvalue weighted by Crippen LogP contribution is 2.57.